The van der Waals surface area contributed by atoms with Crippen molar-refractivity contribution in [3.8, 4) is 33.8 Å². The fourth-order valence-corrected chi connectivity index (χ4v) is 12.1. The Morgan fingerprint density at radius 2 is 0.734 bits per heavy atom. The maximum atomic E-state index is 15.3. The Bertz CT molecular complexity index is 3020. The van der Waals surface area contributed by atoms with Gasteiger partial charge in [-0.3, -0.25) is 0 Å². The Hall–Kier alpha value is -6.28. The lowest BCUT2D eigenvalue weighted by Crippen LogP contribution is -2.15. The van der Waals surface area contributed by atoms with Gasteiger partial charge in [-0.2, -0.15) is 17.6 Å². The molecule has 2 nitrogen and oxygen atoms in total. The Labute approximate surface area is 466 Å². The fraction of sp³-hybridized carbons (Fsp3) is 0.408. The van der Waals surface area contributed by atoms with E-state index in [0.29, 0.717) is 33.0 Å². The molecule has 8 aromatic carbocycles. The second-order valence-electron chi connectivity index (χ2n) is 22.3. The number of fused-ring (bicyclic) bond motifs is 3. The van der Waals surface area contributed by atoms with Crippen molar-refractivity contribution in [1.29, 1.82) is 0 Å². The van der Waals surface area contributed by atoms with E-state index in [0.717, 1.165) is 47.3 Å². The first kappa shape index (κ1) is 58.9. The SMILES string of the molecule is CCCCCC1CCC(CCc2ccc3c(F)c(-c4ccc(OC(F)F)cc4)ccc3c2)CC1.CCCCCCC1CCC(CCc2ccc3c(F)c(-c4ccc(OC(F)F)cc4)ccc3c2)CC1.c1ccc2ccccc2c1. The van der Waals surface area contributed by atoms with Gasteiger partial charge in [0.15, 0.2) is 0 Å². The molecule has 0 heterocycles. The number of unbranched alkanes of at least 4 members (excludes halogenated alkanes) is 5. The molecule has 0 bridgehead atoms. The van der Waals surface area contributed by atoms with E-state index in [1.54, 1.807) is 36.4 Å². The van der Waals surface area contributed by atoms with E-state index < -0.39 is 13.2 Å². The maximum absolute atomic E-state index is 15.3. The largest absolute Gasteiger partial charge is 0.435 e. The third kappa shape index (κ3) is 17.6. The minimum absolute atomic E-state index is 0.0644. The first-order valence-corrected chi connectivity index (χ1v) is 29.5. The molecule has 0 N–H and O–H groups in total. The highest BCUT2D eigenvalue weighted by molar-refractivity contribution is 5.90. The van der Waals surface area contributed by atoms with Crippen molar-refractivity contribution in [2.75, 3.05) is 0 Å². The Kier molecular flexibility index (Phi) is 22.6. The van der Waals surface area contributed by atoms with Crippen LogP contribution in [0.1, 0.15) is 147 Å². The molecule has 0 atom stereocenters. The van der Waals surface area contributed by atoms with Gasteiger partial charge in [-0.1, -0.05) is 256 Å². The van der Waals surface area contributed by atoms with E-state index in [1.165, 1.54) is 168 Å². The fourth-order valence-electron chi connectivity index (χ4n) is 12.1. The number of halogens is 6. The Morgan fingerprint density at radius 1 is 0.380 bits per heavy atom. The molecule has 8 aromatic rings. The van der Waals surface area contributed by atoms with Crippen LogP contribution in [0.2, 0.25) is 0 Å². The molecule has 0 aliphatic heterocycles. The van der Waals surface area contributed by atoms with E-state index in [9.17, 15) is 17.6 Å². The van der Waals surface area contributed by atoms with Gasteiger partial charge in [0.25, 0.3) is 0 Å². The average molecular weight is 1080 g/mol. The number of ether oxygens (including phenoxy) is 2. The Balaban J connectivity index is 0.000000176. The predicted octanol–water partition coefficient (Wildman–Crippen LogP) is 22.4. The van der Waals surface area contributed by atoms with E-state index in [1.807, 2.05) is 36.4 Å². The summed E-state index contributed by atoms with van der Waals surface area (Å²) < 4.78 is 88.8. The van der Waals surface area contributed by atoms with Crippen molar-refractivity contribution >= 4 is 32.3 Å². The summed E-state index contributed by atoms with van der Waals surface area (Å²) in [5, 5.41) is 5.59. The van der Waals surface area contributed by atoms with Crippen LogP contribution in [0.3, 0.4) is 0 Å². The molecule has 79 heavy (non-hydrogen) atoms. The van der Waals surface area contributed by atoms with Crippen LogP contribution < -0.4 is 9.47 Å². The normalized spacial score (nSPS) is 17.3. The second-order valence-corrected chi connectivity index (χ2v) is 22.3. The van der Waals surface area contributed by atoms with Crippen LogP contribution in [-0.4, -0.2) is 13.2 Å². The van der Waals surface area contributed by atoms with Gasteiger partial charge in [0.2, 0.25) is 0 Å². The van der Waals surface area contributed by atoms with Crippen LogP contribution in [0, 0.1) is 35.3 Å². The summed E-state index contributed by atoms with van der Waals surface area (Å²) in [4.78, 5) is 0. The zero-order valence-corrected chi connectivity index (χ0v) is 46.4. The van der Waals surface area contributed by atoms with Crippen LogP contribution in [0.25, 0.3) is 54.6 Å². The van der Waals surface area contributed by atoms with Gasteiger partial charge < -0.3 is 9.47 Å². The van der Waals surface area contributed by atoms with Crippen molar-refractivity contribution < 1.29 is 35.8 Å². The van der Waals surface area contributed by atoms with Gasteiger partial charge in [-0.05, 0) is 117 Å². The van der Waals surface area contributed by atoms with Gasteiger partial charge in [0, 0.05) is 21.9 Å². The van der Waals surface area contributed by atoms with Crippen molar-refractivity contribution in [3.05, 3.63) is 180 Å². The summed E-state index contributed by atoms with van der Waals surface area (Å²) in [6.07, 6.45) is 27.8. The topological polar surface area (TPSA) is 18.5 Å². The number of hydrogen-bond donors (Lipinski definition) is 0. The van der Waals surface area contributed by atoms with Crippen LogP contribution in [0.15, 0.2) is 158 Å². The number of rotatable bonds is 21. The van der Waals surface area contributed by atoms with Crippen LogP contribution >= 0.6 is 0 Å². The monoisotopic (exact) mass is 1080 g/mol. The lowest BCUT2D eigenvalue weighted by molar-refractivity contribution is -0.0505. The van der Waals surface area contributed by atoms with Crippen LogP contribution in [-0.2, 0) is 12.8 Å². The molecule has 10 rings (SSSR count). The highest BCUT2D eigenvalue weighted by Crippen LogP contribution is 2.38. The van der Waals surface area contributed by atoms with Gasteiger partial charge in [0.05, 0.1) is 0 Å². The van der Waals surface area contributed by atoms with Crippen LogP contribution in [0.5, 0.6) is 11.5 Å². The smallest absolute Gasteiger partial charge is 0.387 e. The summed E-state index contributed by atoms with van der Waals surface area (Å²) in [5.41, 5.74) is 4.71. The number of hydrogen-bond acceptors (Lipinski definition) is 2. The average Bonchev–Trinajstić information content (AvgIpc) is 3.51. The number of alkyl halides is 4. The summed E-state index contributed by atoms with van der Waals surface area (Å²) in [6, 6.07) is 48.4. The molecule has 0 unspecified atom stereocenters. The van der Waals surface area contributed by atoms with Crippen molar-refractivity contribution in [2.45, 2.75) is 162 Å². The van der Waals surface area contributed by atoms with Crippen LogP contribution in [0.4, 0.5) is 26.3 Å². The van der Waals surface area contributed by atoms with Crippen molar-refractivity contribution in [3.63, 3.8) is 0 Å². The molecule has 2 aliphatic carbocycles. The molecule has 0 spiro atoms. The summed E-state index contributed by atoms with van der Waals surface area (Å²) in [6.45, 7) is -1.20. The van der Waals surface area contributed by atoms with Gasteiger partial charge >= 0.3 is 13.2 Å². The first-order chi connectivity index (χ1) is 38.5. The third-order valence-corrected chi connectivity index (χ3v) is 16.8. The first-order valence-electron chi connectivity index (χ1n) is 29.5. The molecular weight excluding hydrogens is 999 g/mol. The lowest BCUT2D eigenvalue weighted by Gasteiger charge is -2.28. The lowest BCUT2D eigenvalue weighted by atomic mass is 9.77. The molecule has 0 amide bonds. The second kappa shape index (κ2) is 30.3. The molecule has 0 saturated heterocycles. The molecule has 8 heteroatoms. The maximum Gasteiger partial charge on any atom is 0.387 e. The highest BCUT2D eigenvalue weighted by Gasteiger charge is 2.23. The van der Waals surface area contributed by atoms with Gasteiger partial charge in [-0.15, -0.1) is 0 Å². The molecule has 2 saturated carbocycles. The van der Waals surface area contributed by atoms with E-state index in [4.69, 9.17) is 0 Å². The molecule has 2 fully saturated rings. The van der Waals surface area contributed by atoms with Gasteiger partial charge in [0.1, 0.15) is 23.1 Å². The molecular formula is C71H80F6O2. The zero-order valence-electron chi connectivity index (χ0n) is 46.4. The summed E-state index contributed by atoms with van der Waals surface area (Å²) in [5.74, 6) is 3.07. The third-order valence-electron chi connectivity index (χ3n) is 16.8. The van der Waals surface area contributed by atoms with E-state index in [2.05, 4.69) is 84.0 Å². The standard InChI is InChI=1S/C31H37F3O.C30H35F3O.C10H8/c1-2-3-4-5-6-22-7-9-23(10-8-22)11-12-24-13-19-29-26(21-24)16-20-28(30(29)32)25-14-17-27(18-15-25)35-31(33)34;1-2-3-4-5-21-6-8-22(9-7-21)10-11-23-12-18-28-25(20-23)15-19-27(29(28)31)24-13-16-26(17-14-24)34-30(32)33;1-2-6-10-8-4-3-7-9(10)5-1/h13-23,31H,2-12H2,1H3;12-22,30H,2-11H2,1H3;1-8H. The quantitative estimate of drug-likeness (QED) is 0.0527. The summed E-state index contributed by atoms with van der Waals surface area (Å²) in [7, 11) is 0. The predicted molar refractivity (Wildman–Crippen MR) is 316 cm³/mol. The zero-order chi connectivity index (χ0) is 55.3. The van der Waals surface area contributed by atoms with Crippen molar-refractivity contribution in [2.24, 2.45) is 23.7 Å². The molecule has 418 valence electrons. The number of benzene rings is 8. The summed E-state index contributed by atoms with van der Waals surface area (Å²) >= 11 is 0. The molecule has 0 radical (unpaired) electrons. The minimum atomic E-state index is -2.87. The van der Waals surface area contributed by atoms with Gasteiger partial charge in [-0.25, -0.2) is 8.78 Å². The van der Waals surface area contributed by atoms with E-state index in [-0.39, 0.29) is 23.1 Å². The molecule has 0 aromatic heterocycles. The minimum Gasteiger partial charge on any atom is -0.435 e. The van der Waals surface area contributed by atoms with E-state index >= 15 is 8.78 Å². The van der Waals surface area contributed by atoms with Crippen molar-refractivity contribution in [1.82, 2.24) is 0 Å². The number of aryl methyl sites for hydroxylation is 2. The highest BCUT2D eigenvalue weighted by atomic mass is 19.3. The Morgan fingerprint density at radius 3 is 1.10 bits per heavy atom. The molecule has 2 aliphatic rings.